The predicted molar refractivity (Wildman–Crippen MR) is 170 cm³/mol. The first-order chi connectivity index (χ1) is 21.4. The van der Waals surface area contributed by atoms with Gasteiger partial charge in [-0.1, -0.05) is 0 Å². The number of benzene rings is 2. The number of carbonyl (C=O) groups is 1. The molecule has 4 atom stereocenters. The maximum absolute atomic E-state index is 15.4. The Morgan fingerprint density at radius 3 is 2.28 bits per heavy atom. The van der Waals surface area contributed by atoms with Gasteiger partial charge in [0.15, 0.2) is 0 Å². The Balaban J connectivity index is 1.59. The third-order valence-corrected chi connectivity index (χ3v) is 11.3. The highest BCUT2D eigenvalue weighted by molar-refractivity contribution is 8.04. The second-order valence-corrected chi connectivity index (χ2v) is 15.8. The molecular weight excluding hydrogens is 649 g/mol. The van der Waals surface area contributed by atoms with Crippen LogP contribution in [0.5, 0.6) is 0 Å². The smallest absolute Gasteiger partial charge is 0.417 e. The van der Waals surface area contributed by atoms with E-state index in [9.17, 15) is 14.0 Å². The number of thioether (sulfide) groups is 2. The van der Waals surface area contributed by atoms with Crippen LogP contribution >= 0.6 is 23.5 Å². The first kappa shape index (κ1) is 32.7. The van der Waals surface area contributed by atoms with Gasteiger partial charge in [-0.25, -0.2) is 18.4 Å². The van der Waals surface area contributed by atoms with E-state index in [1.54, 1.807) is 56.2 Å². The van der Waals surface area contributed by atoms with Crippen molar-refractivity contribution in [2.75, 3.05) is 29.5 Å². The summed E-state index contributed by atoms with van der Waals surface area (Å²) in [5.74, 6) is -1.80. The van der Waals surface area contributed by atoms with Gasteiger partial charge in [-0.15, -0.1) is 11.8 Å². The third-order valence-electron chi connectivity index (χ3n) is 8.39. The fraction of sp³-hybridized carbons (Fsp3) is 0.516. The Morgan fingerprint density at radius 1 is 1.02 bits per heavy atom. The number of hydrogen-bond donors (Lipinski definition) is 1. The molecule has 2 saturated heterocycles. The Bertz CT molecular complexity index is 1780. The molecule has 4 aliphatic rings. The zero-order valence-corrected chi connectivity index (χ0v) is 27.5. The number of halogens is 5. The highest BCUT2D eigenvalue weighted by Crippen LogP contribution is 2.51. The van der Waals surface area contributed by atoms with Gasteiger partial charge in [0.1, 0.15) is 23.1 Å². The van der Waals surface area contributed by atoms with Crippen molar-refractivity contribution < 1.29 is 31.5 Å². The maximum atomic E-state index is 15.4. The molecule has 8 nitrogen and oxygen atoms in total. The summed E-state index contributed by atoms with van der Waals surface area (Å²) in [5, 5.41) is 0.282. The van der Waals surface area contributed by atoms with Crippen molar-refractivity contribution in [3.8, 4) is 11.1 Å². The number of anilines is 2. The van der Waals surface area contributed by atoms with Crippen LogP contribution in [0.25, 0.3) is 22.0 Å². The summed E-state index contributed by atoms with van der Waals surface area (Å²) in [6, 6.07) is 1.40. The zero-order chi connectivity index (χ0) is 33.5. The predicted octanol–water partition coefficient (Wildman–Crippen LogP) is 6.76. The lowest BCUT2D eigenvalue weighted by Gasteiger charge is -2.45. The summed E-state index contributed by atoms with van der Waals surface area (Å²) in [5.41, 5.74) is 1.95. The molecule has 1 aromatic heterocycles. The molecule has 0 aliphatic carbocycles. The van der Waals surface area contributed by atoms with Gasteiger partial charge in [-0.3, -0.25) is 9.47 Å². The summed E-state index contributed by atoms with van der Waals surface area (Å²) < 4.78 is 81.6. The van der Waals surface area contributed by atoms with Crippen LogP contribution in [0.2, 0.25) is 0 Å². The highest BCUT2D eigenvalue weighted by atomic mass is 32.2. The number of nitrogens with two attached hydrogens (primary N) is 1. The van der Waals surface area contributed by atoms with Crippen LogP contribution in [0.3, 0.4) is 0 Å². The van der Waals surface area contributed by atoms with Crippen LogP contribution in [-0.4, -0.2) is 67.6 Å². The Labute approximate surface area is 270 Å². The summed E-state index contributed by atoms with van der Waals surface area (Å²) in [7, 11) is 0. The molecule has 15 heteroatoms. The van der Waals surface area contributed by atoms with Crippen LogP contribution in [-0.2, 0) is 17.5 Å². The first-order valence-electron chi connectivity index (χ1n) is 14.9. The molecule has 0 saturated carbocycles. The molecule has 3 aromatic rings. The molecule has 2 aromatic carbocycles. The fourth-order valence-electron chi connectivity index (χ4n) is 6.52. The molecule has 5 heterocycles. The molecule has 2 fully saturated rings. The third kappa shape index (κ3) is 5.88. The second-order valence-electron chi connectivity index (χ2n) is 13.1. The largest absolute Gasteiger partial charge is 0.444 e. The fourth-order valence-corrected chi connectivity index (χ4v) is 9.36. The van der Waals surface area contributed by atoms with Gasteiger partial charge in [0, 0.05) is 63.4 Å². The summed E-state index contributed by atoms with van der Waals surface area (Å²) >= 11 is 2.77. The number of alkyl halides is 3. The average Bonchev–Trinajstić information content (AvgIpc) is 3.03. The molecule has 1 amide bonds. The van der Waals surface area contributed by atoms with Crippen molar-refractivity contribution in [3.05, 3.63) is 45.9 Å². The minimum Gasteiger partial charge on any atom is -0.444 e. The highest BCUT2D eigenvalue weighted by Gasteiger charge is 2.42. The van der Waals surface area contributed by atoms with Crippen LogP contribution < -0.4 is 16.3 Å². The summed E-state index contributed by atoms with van der Waals surface area (Å²) in [6.45, 7) is 9.43. The summed E-state index contributed by atoms with van der Waals surface area (Å²) in [4.78, 5) is 34.6. The van der Waals surface area contributed by atoms with E-state index >= 15 is 17.6 Å². The molecule has 248 valence electrons. The summed E-state index contributed by atoms with van der Waals surface area (Å²) in [6.07, 6.45) is -4.71. The molecule has 46 heavy (non-hydrogen) atoms. The van der Waals surface area contributed by atoms with Gasteiger partial charge >= 0.3 is 18.0 Å². The monoisotopic (exact) mass is 683 g/mol. The SMILES string of the molecule is CC1CN(c2nc(=O)n3c4c(c(-c5cc(N)c(F)cc5F)c(C(F)(F)F)cc24)SCC2CC(C3)S2)CC(C)N1C(=O)OC(C)(C)C. The topological polar surface area (TPSA) is 93.7 Å². The van der Waals surface area contributed by atoms with E-state index in [0.29, 0.717) is 11.8 Å². The minimum absolute atomic E-state index is 0.0519. The number of nitrogen functional groups attached to an aromatic ring is 1. The number of carbonyl (C=O) groups excluding carboxylic acids is 1. The number of ether oxygens (including phenoxy) is 1. The van der Waals surface area contributed by atoms with Crippen molar-refractivity contribution in [3.63, 3.8) is 0 Å². The zero-order valence-electron chi connectivity index (χ0n) is 25.9. The second kappa shape index (κ2) is 11.5. The van der Waals surface area contributed by atoms with Crippen molar-refractivity contribution in [1.82, 2.24) is 14.5 Å². The number of amides is 1. The molecule has 7 rings (SSSR count). The molecule has 0 radical (unpaired) electrons. The molecular formula is C31H34F5N5O3S2. The Hall–Kier alpha value is -3.20. The molecule has 2 bridgehead atoms. The number of rotatable bonds is 2. The number of hydrogen-bond acceptors (Lipinski definition) is 8. The number of fused-ring (bicyclic) bond motifs is 1. The van der Waals surface area contributed by atoms with Crippen LogP contribution in [0.15, 0.2) is 27.9 Å². The van der Waals surface area contributed by atoms with Gasteiger partial charge in [0.25, 0.3) is 0 Å². The van der Waals surface area contributed by atoms with Crippen LogP contribution in [0, 0.1) is 11.6 Å². The van der Waals surface area contributed by atoms with E-state index in [4.69, 9.17) is 10.5 Å². The van der Waals surface area contributed by atoms with Gasteiger partial charge in [-0.2, -0.15) is 29.9 Å². The molecule has 4 unspecified atom stereocenters. The van der Waals surface area contributed by atoms with E-state index in [2.05, 4.69) is 4.98 Å². The van der Waals surface area contributed by atoms with E-state index < -0.39 is 69.7 Å². The van der Waals surface area contributed by atoms with E-state index in [-0.39, 0.29) is 51.8 Å². The first-order valence-corrected chi connectivity index (χ1v) is 16.8. The quantitative estimate of drug-likeness (QED) is 0.234. The van der Waals surface area contributed by atoms with E-state index in [1.807, 2.05) is 0 Å². The maximum Gasteiger partial charge on any atom is 0.417 e. The van der Waals surface area contributed by atoms with Crippen molar-refractivity contribution in [2.45, 2.75) is 86.8 Å². The van der Waals surface area contributed by atoms with E-state index in [1.165, 1.54) is 4.57 Å². The van der Waals surface area contributed by atoms with Crippen molar-refractivity contribution in [2.24, 2.45) is 0 Å². The Kier molecular flexibility index (Phi) is 8.18. The standard InChI is InChI=1S/C31H34F5N5O3S2/c1-14-10-39(11-15(2)41(14)29(43)44-30(3,4)5)27-19-7-20(31(34,35)36)24(18-8-23(37)22(33)9-21(18)32)26-25(19)40(28(42)38-27)12-16-6-17(46-16)13-45-26/h7-9,14-17H,6,10-13,37H2,1-5H3. The van der Waals surface area contributed by atoms with Gasteiger partial charge < -0.3 is 15.4 Å². The van der Waals surface area contributed by atoms with Crippen LogP contribution in [0.4, 0.5) is 38.3 Å². The van der Waals surface area contributed by atoms with Crippen LogP contribution in [0.1, 0.15) is 46.6 Å². The number of nitrogens with zero attached hydrogens (tertiary/aromatic N) is 4. The molecule has 4 aliphatic heterocycles. The van der Waals surface area contributed by atoms with Crippen molar-refractivity contribution in [1.29, 1.82) is 0 Å². The van der Waals surface area contributed by atoms with Crippen molar-refractivity contribution >= 4 is 52.0 Å². The van der Waals surface area contributed by atoms with Gasteiger partial charge in [0.2, 0.25) is 0 Å². The lowest BCUT2D eigenvalue weighted by atomic mass is 9.95. The van der Waals surface area contributed by atoms with E-state index in [0.717, 1.165) is 30.3 Å². The Morgan fingerprint density at radius 2 is 1.67 bits per heavy atom. The van der Waals surface area contributed by atoms with Gasteiger partial charge in [0.05, 0.1) is 28.9 Å². The van der Waals surface area contributed by atoms with Gasteiger partial charge in [-0.05, 0) is 53.2 Å². The number of aromatic nitrogens is 2. The molecule has 0 spiro atoms. The average molecular weight is 684 g/mol. The molecule has 2 N–H and O–H groups in total. The minimum atomic E-state index is -4.96. The number of piperazine rings is 1. The lowest BCUT2D eigenvalue weighted by molar-refractivity contribution is -0.137. The normalized spacial score (nSPS) is 23.4. The lowest BCUT2D eigenvalue weighted by Crippen LogP contribution is -2.59.